The highest BCUT2D eigenvalue weighted by molar-refractivity contribution is 7.21. The number of hydrogen-bond acceptors (Lipinski definition) is 8. The Morgan fingerprint density at radius 2 is 1.86 bits per heavy atom. The number of thiazole rings is 1. The number of ether oxygens (including phenoxy) is 1. The summed E-state index contributed by atoms with van der Waals surface area (Å²) in [6.07, 6.45) is 1.94. The third-order valence-corrected chi connectivity index (χ3v) is 8.71. The van der Waals surface area contributed by atoms with Crippen molar-refractivity contribution in [3.05, 3.63) is 101 Å². The molecule has 0 unspecified atom stereocenters. The van der Waals surface area contributed by atoms with Crippen LogP contribution in [0.2, 0.25) is 5.02 Å². The van der Waals surface area contributed by atoms with E-state index in [1.165, 1.54) is 11.3 Å². The number of fused-ring (bicyclic) bond motifs is 1. The van der Waals surface area contributed by atoms with Gasteiger partial charge in [0.15, 0.2) is 5.69 Å². The first-order valence-corrected chi connectivity index (χ1v) is 15.4. The first-order valence-electron chi connectivity index (χ1n) is 14.2. The highest BCUT2D eigenvalue weighted by Gasteiger charge is 2.19. The number of carbonyl (C=O) groups excluding carboxylic acids is 1. The summed E-state index contributed by atoms with van der Waals surface area (Å²) < 4.78 is 5.21. The first kappa shape index (κ1) is 29.8. The Balaban J connectivity index is 1.18. The quantitative estimate of drug-likeness (QED) is 0.184. The fourth-order valence-corrected chi connectivity index (χ4v) is 6.35. The third kappa shape index (κ3) is 6.94. The van der Waals surface area contributed by atoms with Crippen LogP contribution < -0.4 is 5.32 Å². The number of benzene rings is 2. The topological polar surface area (TPSA) is 87.8 Å². The molecule has 3 aromatic heterocycles. The fourth-order valence-electron chi connectivity index (χ4n) is 5.19. The van der Waals surface area contributed by atoms with Gasteiger partial charge in [0.1, 0.15) is 21.0 Å². The minimum Gasteiger partial charge on any atom is -0.383 e. The van der Waals surface area contributed by atoms with Gasteiger partial charge < -0.3 is 10.1 Å². The van der Waals surface area contributed by atoms with E-state index < -0.39 is 0 Å². The van der Waals surface area contributed by atoms with Gasteiger partial charge in [0.25, 0.3) is 5.91 Å². The molecule has 1 N–H and O–H groups in total. The lowest BCUT2D eigenvalue weighted by atomic mass is 10.1. The third-order valence-electron chi connectivity index (χ3n) is 7.48. The number of pyridine rings is 2. The molecule has 0 saturated carbocycles. The molecule has 5 aromatic rings. The van der Waals surface area contributed by atoms with Crippen molar-refractivity contribution in [1.29, 1.82) is 0 Å². The minimum atomic E-state index is -0.351. The Bertz CT molecular complexity index is 1850. The standard InChI is InChI=1S/C33H30ClN7O2S/c1-35-25-18-23(17-24(34)19-25)27-8-5-9-29(37-27)31(42)38-28-7-4-3-6-26(28)32-39-30-16-22(20-36-33(30)44-32)21-41-12-10-40(11-13-41)14-15-43-2/h3-9,16-20H,10-15,21H2,2H3,(H,38,42). The molecule has 9 nitrogen and oxygen atoms in total. The summed E-state index contributed by atoms with van der Waals surface area (Å²) in [7, 11) is 1.74. The number of piperazine rings is 1. The van der Waals surface area contributed by atoms with Gasteiger partial charge in [-0.15, -0.1) is 0 Å². The molecular formula is C33H30ClN7O2S. The zero-order chi connectivity index (χ0) is 30.5. The molecular weight excluding hydrogens is 594 g/mol. The molecule has 11 heteroatoms. The van der Waals surface area contributed by atoms with E-state index in [1.807, 2.05) is 30.5 Å². The Kier molecular flexibility index (Phi) is 9.21. The van der Waals surface area contributed by atoms with E-state index in [-0.39, 0.29) is 11.6 Å². The van der Waals surface area contributed by atoms with E-state index in [0.29, 0.717) is 27.7 Å². The van der Waals surface area contributed by atoms with Crippen LogP contribution in [0.3, 0.4) is 0 Å². The lowest BCUT2D eigenvalue weighted by molar-refractivity contribution is 0.0938. The summed E-state index contributed by atoms with van der Waals surface area (Å²) >= 11 is 7.69. The fraction of sp³-hybridized carbons (Fsp3) is 0.242. The summed E-state index contributed by atoms with van der Waals surface area (Å²) in [4.78, 5) is 36.8. The largest absolute Gasteiger partial charge is 0.383 e. The molecule has 1 saturated heterocycles. The summed E-state index contributed by atoms with van der Waals surface area (Å²) in [5, 5.41) is 4.23. The number of nitrogens with zero attached hydrogens (tertiary/aromatic N) is 6. The molecule has 0 radical (unpaired) electrons. The lowest BCUT2D eigenvalue weighted by Gasteiger charge is -2.34. The summed E-state index contributed by atoms with van der Waals surface area (Å²) in [6, 6.07) is 19.9. The number of rotatable bonds is 9. The van der Waals surface area contributed by atoms with Crippen molar-refractivity contribution in [2.75, 3.05) is 51.8 Å². The Hall–Kier alpha value is -4.24. The van der Waals surface area contributed by atoms with Crippen molar-refractivity contribution < 1.29 is 9.53 Å². The highest BCUT2D eigenvalue weighted by atomic mass is 35.5. The normalized spacial score (nSPS) is 14.0. The van der Waals surface area contributed by atoms with Gasteiger partial charge in [-0.3, -0.25) is 14.6 Å². The molecule has 0 spiro atoms. The molecule has 6 rings (SSSR count). The molecule has 1 aliphatic heterocycles. The Morgan fingerprint density at radius 1 is 1.05 bits per heavy atom. The van der Waals surface area contributed by atoms with Gasteiger partial charge in [-0.25, -0.2) is 19.8 Å². The first-order chi connectivity index (χ1) is 21.5. The number of amides is 1. The van der Waals surface area contributed by atoms with Crippen LogP contribution in [0, 0.1) is 6.57 Å². The van der Waals surface area contributed by atoms with E-state index in [2.05, 4.69) is 31.0 Å². The zero-order valence-corrected chi connectivity index (χ0v) is 25.7. The average molecular weight is 624 g/mol. The van der Waals surface area contributed by atoms with Gasteiger partial charge in [-0.1, -0.05) is 41.1 Å². The molecule has 2 aromatic carbocycles. The zero-order valence-electron chi connectivity index (χ0n) is 24.2. The van der Waals surface area contributed by atoms with E-state index in [4.69, 9.17) is 32.9 Å². The maximum Gasteiger partial charge on any atom is 0.274 e. The van der Waals surface area contributed by atoms with Crippen LogP contribution in [-0.2, 0) is 11.3 Å². The van der Waals surface area contributed by atoms with Crippen LogP contribution in [0.15, 0.2) is 72.9 Å². The van der Waals surface area contributed by atoms with Crippen LogP contribution >= 0.6 is 22.9 Å². The van der Waals surface area contributed by atoms with E-state index in [9.17, 15) is 4.79 Å². The van der Waals surface area contributed by atoms with Gasteiger partial charge in [-0.2, -0.15) is 0 Å². The summed E-state index contributed by atoms with van der Waals surface area (Å²) in [6.45, 7) is 14.0. The SMILES string of the molecule is [C-]#[N+]c1cc(Cl)cc(-c2cccc(C(=O)Nc3ccccc3-c3nc4cc(CN5CCN(CCOC)CC5)cnc4s3)n2)c1. The average Bonchev–Trinajstić information content (AvgIpc) is 3.48. The molecule has 0 aliphatic carbocycles. The van der Waals surface area contributed by atoms with Crippen molar-refractivity contribution >= 4 is 50.6 Å². The van der Waals surface area contributed by atoms with Crippen molar-refractivity contribution in [3.8, 4) is 21.8 Å². The van der Waals surface area contributed by atoms with Crippen LogP contribution in [-0.4, -0.2) is 77.1 Å². The van der Waals surface area contributed by atoms with E-state index in [1.54, 1.807) is 43.5 Å². The minimum absolute atomic E-state index is 0.247. The highest BCUT2D eigenvalue weighted by Crippen LogP contribution is 2.34. The molecule has 1 aliphatic rings. The molecule has 222 valence electrons. The summed E-state index contributed by atoms with van der Waals surface area (Å²) in [5.74, 6) is -0.351. The second-order valence-corrected chi connectivity index (χ2v) is 11.9. The number of methoxy groups -OCH3 is 1. The van der Waals surface area contributed by atoms with Crippen molar-refractivity contribution in [2.45, 2.75) is 6.54 Å². The smallest absolute Gasteiger partial charge is 0.274 e. The maximum absolute atomic E-state index is 13.4. The van der Waals surface area contributed by atoms with Gasteiger partial charge >= 0.3 is 0 Å². The van der Waals surface area contributed by atoms with Crippen molar-refractivity contribution in [3.63, 3.8) is 0 Å². The van der Waals surface area contributed by atoms with Crippen LogP contribution in [0.25, 0.3) is 37.0 Å². The molecule has 1 fully saturated rings. The molecule has 44 heavy (non-hydrogen) atoms. The molecule has 4 heterocycles. The monoisotopic (exact) mass is 623 g/mol. The lowest BCUT2D eigenvalue weighted by Crippen LogP contribution is -2.46. The van der Waals surface area contributed by atoms with E-state index in [0.717, 1.165) is 72.4 Å². The predicted molar refractivity (Wildman–Crippen MR) is 175 cm³/mol. The molecule has 0 atom stereocenters. The number of carbonyl (C=O) groups is 1. The van der Waals surface area contributed by atoms with Crippen LogP contribution in [0.5, 0.6) is 0 Å². The second-order valence-electron chi connectivity index (χ2n) is 10.5. The second kappa shape index (κ2) is 13.6. The van der Waals surface area contributed by atoms with Crippen molar-refractivity contribution in [1.82, 2.24) is 24.8 Å². The summed E-state index contributed by atoms with van der Waals surface area (Å²) in [5.41, 5.74) is 5.30. The molecule has 0 bridgehead atoms. The number of nitrogens with one attached hydrogen (secondary N) is 1. The number of aromatic nitrogens is 3. The number of anilines is 1. The van der Waals surface area contributed by atoms with Crippen molar-refractivity contribution in [2.24, 2.45) is 0 Å². The number of para-hydroxylation sites is 1. The number of halogens is 1. The van der Waals surface area contributed by atoms with Gasteiger partial charge in [0, 0.05) is 63.2 Å². The van der Waals surface area contributed by atoms with E-state index >= 15 is 0 Å². The van der Waals surface area contributed by atoms with Crippen LogP contribution in [0.4, 0.5) is 11.4 Å². The van der Waals surface area contributed by atoms with Gasteiger partial charge in [0.05, 0.1) is 24.6 Å². The Morgan fingerprint density at radius 3 is 2.68 bits per heavy atom. The maximum atomic E-state index is 13.4. The Labute approximate surface area is 264 Å². The predicted octanol–water partition coefficient (Wildman–Crippen LogP) is 6.64. The van der Waals surface area contributed by atoms with Gasteiger partial charge in [0.2, 0.25) is 0 Å². The van der Waals surface area contributed by atoms with Crippen LogP contribution in [0.1, 0.15) is 16.1 Å². The number of hydrogen-bond donors (Lipinski definition) is 1. The molecule has 1 amide bonds. The van der Waals surface area contributed by atoms with Gasteiger partial charge in [-0.05, 0) is 59.7 Å².